The average Bonchev–Trinajstić information content (AvgIpc) is 2.87. The van der Waals surface area contributed by atoms with E-state index in [9.17, 15) is 4.39 Å². The number of nitrogens with one attached hydrogen (secondary N) is 1. The number of imidazole rings is 1. The van der Waals surface area contributed by atoms with Crippen molar-refractivity contribution in [2.45, 2.75) is 32.7 Å². The molecule has 0 radical (unpaired) electrons. The first kappa shape index (κ1) is 13.6. The molecule has 0 fully saturated rings. The maximum atomic E-state index is 12.9. The Labute approximate surface area is 113 Å². The van der Waals surface area contributed by atoms with Crippen molar-refractivity contribution >= 4 is 5.95 Å². The van der Waals surface area contributed by atoms with Crippen LogP contribution in [0.2, 0.25) is 0 Å². The Bertz CT molecular complexity index is 504. The van der Waals surface area contributed by atoms with Gasteiger partial charge in [-0.3, -0.25) is 0 Å². The third kappa shape index (κ3) is 3.56. The number of hydrogen-bond acceptors (Lipinski definition) is 2. The van der Waals surface area contributed by atoms with Crippen molar-refractivity contribution in [1.29, 1.82) is 0 Å². The Kier molecular flexibility index (Phi) is 4.55. The summed E-state index contributed by atoms with van der Waals surface area (Å²) in [6.07, 6.45) is 5.71. The van der Waals surface area contributed by atoms with Crippen molar-refractivity contribution < 1.29 is 4.39 Å². The van der Waals surface area contributed by atoms with Crippen LogP contribution in [-0.2, 0) is 6.42 Å². The molecule has 3 nitrogen and oxygen atoms in total. The highest BCUT2D eigenvalue weighted by Gasteiger charge is 2.10. The van der Waals surface area contributed by atoms with E-state index < -0.39 is 0 Å². The topological polar surface area (TPSA) is 29.9 Å². The minimum atomic E-state index is -0.190. The summed E-state index contributed by atoms with van der Waals surface area (Å²) in [6, 6.07) is 6.97. The van der Waals surface area contributed by atoms with Gasteiger partial charge in [0.25, 0.3) is 0 Å². The van der Waals surface area contributed by atoms with E-state index in [1.807, 2.05) is 18.3 Å². The Morgan fingerprint density at radius 1 is 1.32 bits per heavy atom. The summed E-state index contributed by atoms with van der Waals surface area (Å²) < 4.78 is 15.0. The van der Waals surface area contributed by atoms with E-state index in [-0.39, 0.29) is 11.9 Å². The van der Waals surface area contributed by atoms with Gasteiger partial charge in [-0.1, -0.05) is 19.1 Å². The summed E-state index contributed by atoms with van der Waals surface area (Å²) >= 11 is 0. The minimum absolute atomic E-state index is 0.190. The lowest BCUT2D eigenvalue weighted by Gasteiger charge is -2.17. The lowest BCUT2D eigenvalue weighted by atomic mass is 10.1. The van der Waals surface area contributed by atoms with E-state index in [0.29, 0.717) is 0 Å². The molecule has 4 heteroatoms. The van der Waals surface area contributed by atoms with Crippen LogP contribution in [0.4, 0.5) is 10.3 Å². The van der Waals surface area contributed by atoms with Crippen LogP contribution in [0.25, 0.3) is 0 Å². The maximum absolute atomic E-state index is 12.9. The second kappa shape index (κ2) is 6.36. The molecule has 0 bridgehead atoms. The van der Waals surface area contributed by atoms with Gasteiger partial charge in [0.2, 0.25) is 5.95 Å². The molecule has 0 aliphatic heterocycles. The largest absolute Gasteiger partial charge is 0.356 e. The first-order chi connectivity index (χ1) is 9.20. The molecule has 102 valence electrons. The first-order valence-electron chi connectivity index (χ1n) is 6.72. The first-order valence-corrected chi connectivity index (χ1v) is 6.72. The summed E-state index contributed by atoms with van der Waals surface area (Å²) in [5, 5.41) is 3.31. The zero-order valence-electron chi connectivity index (χ0n) is 11.4. The van der Waals surface area contributed by atoms with Gasteiger partial charge >= 0.3 is 0 Å². The molecule has 1 unspecified atom stereocenters. The normalized spacial score (nSPS) is 12.4. The zero-order chi connectivity index (χ0) is 13.7. The molecule has 0 saturated heterocycles. The molecule has 1 N–H and O–H groups in total. The number of anilines is 1. The quantitative estimate of drug-likeness (QED) is 0.860. The monoisotopic (exact) mass is 261 g/mol. The third-order valence-corrected chi connectivity index (χ3v) is 3.12. The van der Waals surface area contributed by atoms with Gasteiger partial charge in [0.1, 0.15) is 5.82 Å². The minimum Gasteiger partial charge on any atom is -0.356 e. The smallest absolute Gasteiger partial charge is 0.203 e. The van der Waals surface area contributed by atoms with Gasteiger partial charge in [0.15, 0.2) is 0 Å². The zero-order valence-corrected chi connectivity index (χ0v) is 11.4. The van der Waals surface area contributed by atoms with E-state index in [4.69, 9.17) is 0 Å². The van der Waals surface area contributed by atoms with Crippen LogP contribution >= 0.6 is 0 Å². The second-order valence-corrected chi connectivity index (χ2v) is 4.76. The molecule has 1 aromatic carbocycles. The number of aromatic nitrogens is 2. The number of rotatable bonds is 6. The summed E-state index contributed by atoms with van der Waals surface area (Å²) in [4.78, 5) is 4.32. The molecule has 0 aliphatic rings. The molecule has 1 aromatic heterocycles. The molecule has 0 spiro atoms. The molecule has 19 heavy (non-hydrogen) atoms. The highest BCUT2D eigenvalue weighted by molar-refractivity contribution is 5.27. The van der Waals surface area contributed by atoms with Crippen molar-refractivity contribution in [3.63, 3.8) is 0 Å². The van der Waals surface area contributed by atoms with Crippen LogP contribution in [0.3, 0.4) is 0 Å². The van der Waals surface area contributed by atoms with Gasteiger partial charge in [-0.2, -0.15) is 0 Å². The standard InChI is InChI=1S/C15H20FN3/c1-3-8-17-15-18-9-10-19(15)12(2)11-13-4-6-14(16)7-5-13/h4-7,9-10,12H,3,8,11H2,1-2H3,(H,17,18). The Morgan fingerprint density at radius 2 is 2.05 bits per heavy atom. The predicted octanol–water partition coefficient (Wildman–Crippen LogP) is 3.65. The van der Waals surface area contributed by atoms with Crippen molar-refractivity contribution in [2.75, 3.05) is 11.9 Å². The van der Waals surface area contributed by atoms with Crippen LogP contribution < -0.4 is 5.32 Å². The highest BCUT2D eigenvalue weighted by atomic mass is 19.1. The fourth-order valence-electron chi connectivity index (χ4n) is 2.10. The van der Waals surface area contributed by atoms with E-state index in [0.717, 1.165) is 30.9 Å². The Hall–Kier alpha value is -1.84. The van der Waals surface area contributed by atoms with Crippen LogP contribution in [0.15, 0.2) is 36.7 Å². The van der Waals surface area contributed by atoms with Gasteiger partial charge < -0.3 is 9.88 Å². The maximum Gasteiger partial charge on any atom is 0.203 e. The van der Waals surface area contributed by atoms with E-state index >= 15 is 0 Å². The van der Waals surface area contributed by atoms with Crippen LogP contribution in [-0.4, -0.2) is 16.1 Å². The summed E-state index contributed by atoms with van der Waals surface area (Å²) in [5.41, 5.74) is 1.13. The number of benzene rings is 1. The highest BCUT2D eigenvalue weighted by Crippen LogP contribution is 2.18. The molecule has 0 saturated carbocycles. The molecule has 1 heterocycles. The van der Waals surface area contributed by atoms with E-state index in [1.54, 1.807) is 6.20 Å². The van der Waals surface area contributed by atoms with Gasteiger partial charge in [0, 0.05) is 25.0 Å². The second-order valence-electron chi connectivity index (χ2n) is 4.76. The van der Waals surface area contributed by atoms with Crippen molar-refractivity contribution in [3.05, 3.63) is 48.0 Å². The molecule has 2 aromatic rings. The van der Waals surface area contributed by atoms with Crippen LogP contribution in [0, 0.1) is 5.82 Å². The Balaban J connectivity index is 2.05. The summed E-state index contributed by atoms with van der Waals surface area (Å²) in [6.45, 7) is 5.19. The van der Waals surface area contributed by atoms with Crippen LogP contribution in [0.1, 0.15) is 31.9 Å². The lowest BCUT2D eigenvalue weighted by molar-refractivity contribution is 0.547. The van der Waals surface area contributed by atoms with Gasteiger partial charge in [-0.25, -0.2) is 9.37 Å². The Morgan fingerprint density at radius 3 is 2.74 bits per heavy atom. The van der Waals surface area contributed by atoms with Gasteiger partial charge in [-0.05, 0) is 37.5 Å². The fourth-order valence-corrected chi connectivity index (χ4v) is 2.10. The number of nitrogens with zero attached hydrogens (tertiary/aromatic N) is 2. The van der Waals surface area contributed by atoms with Crippen molar-refractivity contribution in [1.82, 2.24) is 9.55 Å². The lowest BCUT2D eigenvalue weighted by Crippen LogP contribution is -2.13. The van der Waals surface area contributed by atoms with Gasteiger partial charge in [-0.15, -0.1) is 0 Å². The summed E-state index contributed by atoms with van der Waals surface area (Å²) in [5.74, 6) is 0.709. The molecular weight excluding hydrogens is 241 g/mol. The van der Waals surface area contributed by atoms with Crippen molar-refractivity contribution in [3.8, 4) is 0 Å². The molecular formula is C15H20FN3. The molecule has 0 aliphatic carbocycles. The number of hydrogen-bond donors (Lipinski definition) is 1. The fraction of sp³-hybridized carbons (Fsp3) is 0.400. The summed E-state index contributed by atoms with van der Waals surface area (Å²) in [7, 11) is 0. The molecule has 2 rings (SSSR count). The van der Waals surface area contributed by atoms with Gasteiger partial charge in [0.05, 0.1) is 0 Å². The average molecular weight is 261 g/mol. The molecule has 0 amide bonds. The molecule has 1 atom stereocenters. The van der Waals surface area contributed by atoms with Crippen molar-refractivity contribution in [2.24, 2.45) is 0 Å². The predicted molar refractivity (Wildman–Crippen MR) is 75.8 cm³/mol. The number of halogens is 1. The van der Waals surface area contributed by atoms with Crippen LogP contribution in [0.5, 0.6) is 0 Å². The third-order valence-electron chi connectivity index (χ3n) is 3.12. The SMILES string of the molecule is CCCNc1nccn1C(C)Cc1ccc(F)cc1. The van der Waals surface area contributed by atoms with E-state index in [2.05, 4.69) is 28.7 Å². The van der Waals surface area contributed by atoms with E-state index in [1.165, 1.54) is 12.1 Å².